The Kier molecular flexibility index (Phi) is 3.34. The molecule has 1 fully saturated rings. The zero-order valence-corrected chi connectivity index (χ0v) is 8.97. The summed E-state index contributed by atoms with van der Waals surface area (Å²) >= 11 is 0. The summed E-state index contributed by atoms with van der Waals surface area (Å²) in [5.74, 6) is -26.2. The normalized spacial score (nSPS) is 33.9. The first kappa shape index (κ1) is 16.3. The van der Waals surface area contributed by atoms with E-state index in [4.69, 9.17) is 0 Å². The Morgan fingerprint density at radius 3 is 1.74 bits per heavy atom. The van der Waals surface area contributed by atoms with Gasteiger partial charge < -0.3 is 4.74 Å². The summed E-state index contributed by atoms with van der Waals surface area (Å²) in [7, 11) is 0. The molecule has 2 atom stereocenters. The molecule has 114 valence electrons. The molecule has 0 aromatic rings. The van der Waals surface area contributed by atoms with Gasteiger partial charge in [-0.1, -0.05) is 0 Å². The van der Waals surface area contributed by atoms with Gasteiger partial charge in [0.05, 0.1) is 0 Å². The van der Waals surface area contributed by atoms with Crippen LogP contribution < -0.4 is 0 Å². The van der Waals surface area contributed by atoms with Crippen molar-refractivity contribution in [3.8, 4) is 0 Å². The third-order valence-electron chi connectivity index (χ3n) is 2.60. The monoisotopic (exact) mass is 308 g/mol. The summed E-state index contributed by atoms with van der Waals surface area (Å²) in [5.41, 5.74) is 0. The molecular formula is C8H6F10O. The molecule has 0 heterocycles. The predicted octanol–water partition coefficient (Wildman–Crippen LogP) is 3.58. The lowest BCUT2D eigenvalue weighted by Crippen LogP contribution is -2.79. The van der Waals surface area contributed by atoms with Crippen LogP contribution in [0.4, 0.5) is 43.9 Å². The summed E-state index contributed by atoms with van der Waals surface area (Å²) in [4.78, 5) is 0. The summed E-state index contributed by atoms with van der Waals surface area (Å²) in [6.45, 7) is -3.01. The van der Waals surface area contributed by atoms with Crippen LogP contribution in [0.5, 0.6) is 0 Å². The van der Waals surface area contributed by atoms with Crippen LogP contribution in [0.3, 0.4) is 0 Å². The Hall–Kier alpha value is -0.740. The molecule has 2 unspecified atom stereocenters. The second-order valence-corrected chi connectivity index (χ2v) is 4.09. The molecule has 1 saturated carbocycles. The van der Waals surface area contributed by atoms with Crippen molar-refractivity contribution < 1.29 is 48.6 Å². The minimum atomic E-state index is -5.74. The van der Waals surface area contributed by atoms with Gasteiger partial charge in [0.15, 0.2) is 0 Å². The summed E-state index contributed by atoms with van der Waals surface area (Å²) < 4.78 is 128. The molecule has 0 N–H and O–H groups in total. The van der Waals surface area contributed by atoms with Crippen LogP contribution in [0.15, 0.2) is 0 Å². The van der Waals surface area contributed by atoms with Crippen molar-refractivity contribution in [2.75, 3.05) is 6.61 Å². The zero-order chi connectivity index (χ0) is 15.5. The van der Waals surface area contributed by atoms with Crippen molar-refractivity contribution in [3.63, 3.8) is 0 Å². The van der Waals surface area contributed by atoms with E-state index in [1.165, 1.54) is 0 Å². The summed E-state index contributed by atoms with van der Waals surface area (Å²) in [5, 5.41) is 0. The third-order valence-corrected chi connectivity index (χ3v) is 2.60. The van der Waals surface area contributed by atoms with Crippen LogP contribution in [0.1, 0.15) is 6.92 Å². The number of ether oxygens (including phenoxy) is 1. The number of rotatable bonds is 4. The van der Waals surface area contributed by atoms with Gasteiger partial charge in [0.2, 0.25) is 6.17 Å². The van der Waals surface area contributed by atoms with Crippen molar-refractivity contribution in [2.24, 2.45) is 0 Å². The van der Waals surface area contributed by atoms with Gasteiger partial charge >= 0.3 is 29.5 Å². The maximum Gasteiger partial charge on any atom is 0.373 e. The number of alkyl halides is 10. The van der Waals surface area contributed by atoms with Crippen molar-refractivity contribution >= 4 is 0 Å². The predicted molar refractivity (Wildman–Crippen MR) is 40.1 cm³/mol. The molecule has 1 aliphatic carbocycles. The molecule has 0 radical (unpaired) electrons. The van der Waals surface area contributed by atoms with Gasteiger partial charge in [-0.25, -0.2) is 17.6 Å². The highest BCUT2D eigenvalue weighted by Gasteiger charge is 2.91. The van der Waals surface area contributed by atoms with E-state index in [9.17, 15) is 43.9 Å². The van der Waals surface area contributed by atoms with E-state index >= 15 is 0 Å². The highest BCUT2D eigenvalue weighted by Crippen LogP contribution is 2.62. The maximum atomic E-state index is 13.1. The molecule has 0 bridgehead atoms. The first-order chi connectivity index (χ1) is 8.11. The molecular weight excluding hydrogens is 302 g/mol. The van der Waals surface area contributed by atoms with Crippen LogP contribution in [0, 0.1) is 0 Å². The van der Waals surface area contributed by atoms with E-state index in [1.807, 2.05) is 0 Å². The van der Waals surface area contributed by atoms with E-state index in [0.29, 0.717) is 0 Å². The minimum Gasteiger partial charge on any atom is -0.332 e. The van der Waals surface area contributed by atoms with Crippen LogP contribution >= 0.6 is 0 Å². The fraction of sp³-hybridized carbons (Fsp3) is 1.00. The highest BCUT2D eigenvalue weighted by molar-refractivity contribution is 5.18. The number of hydrogen-bond acceptors (Lipinski definition) is 1. The fourth-order valence-electron chi connectivity index (χ4n) is 1.19. The molecule has 1 aliphatic rings. The molecule has 0 spiro atoms. The quantitative estimate of drug-likeness (QED) is 0.721. The molecule has 0 aromatic carbocycles. The third kappa shape index (κ3) is 1.96. The van der Waals surface area contributed by atoms with E-state index in [2.05, 4.69) is 4.74 Å². The second kappa shape index (κ2) is 3.89. The lowest BCUT2D eigenvalue weighted by atomic mass is 9.80. The SMILES string of the molecule is CC(F)(F)C(F)(F)COC1(F)C(F)C(F)(F)C1(F)F. The van der Waals surface area contributed by atoms with Crippen molar-refractivity contribution in [3.05, 3.63) is 0 Å². The lowest BCUT2D eigenvalue weighted by molar-refractivity contribution is -0.470. The molecule has 0 saturated heterocycles. The first-order valence-electron chi connectivity index (χ1n) is 4.59. The summed E-state index contributed by atoms with van der Waals surface area (Å²) in [6.07, 6.45) is -4.24. The standard InChI is InChI=1S/C8H6F10O/c1-4(10,11)5(12,13)2-19-7(16)3(9)6(14,15)8(7,17)18/h3H,2H2,1H3. The van der Waals surface area contributed by atoms with Gasteiger partial charge in [0, 0.05) is 6.92 Å². The lowest BCUT2D eigenvalue weighted by Gasteiger charge is -2.50. The number of hydrogen-bond donors (Lipinski definition) is 0. The Balaban J connectivity index is 2.85. The molecule has 1 rings (SSSR count). The highest BCUT2D eigenvalue weighted by atomic mass is 19.3. The van der Waals surface area contributed by atoms with Gasteiger partial charge in [0.1, 0.15) is 6.61 Å². The average Bonchev–Trinajstić information content (AvgIpc) is 2.22. The van der Waals surface area contributed by atoms with E-state index in [-0.39, 0.29) is 6.92 Å². The Labute approximate surface area is 99.1 Å². The van der Waals surface area contributed by atoms with Crippen molar-refractivity contribution in [2.45, 2.75) is 42.6 Å². The molecule has 0 amide bonds. The molecule has 0 aliphatic heterocycles. The Bertz CT molecular complexity index is 361. The van der Waals surface area contributed by atoms with Crippen LogP contribution in [0.25, 0.3) is 0 Å². The fourth-order valence-corrected chi connectivity index (χ4v) is 1.19. The zero-order valence-electron chi connectivity index (χ0n) is 8.97. The Morgan fingerprint density at radius 1 is 1.00 bits per heavy atom. The first-order valence-corrected chi connectivity index (χ1v) is 4.59. The smallest absolute Gasteiger partial charge is 0.332 e. The maximum absolute atomic E-state index is 13.1. The van der Waals surface area contributed by atoms with Crippen LogP contribution in [0.2, 0.25) is 0 Å². The van der Waals surface area contributed by atoms with E-state index in [0.717, 1.165) is 0 Å². The van der Waals surface area contributed by atoms with Gasteiger partial charge in [0.25, 0.3) is 0 Å². The topological polar surface area (TPSA) is 9.23 Å². The van der Waals surface area contributed by atoms with E-state index in [1.54, 1.807) is 0 Å². The molecule has 19 heavy (non-hydrogen) atoms. The van der Waals surface area contributed by atoms with Gasteiger partial charge in [-0.2, -0.15) is 26.3 Å². The molecule has 0 aromatic heterocycles. The van der Waals surface area contributed by atoms with Crippen molar-refractivity contribution in [1.29, 1.82) is 0 Å². The van der Waals surface area contributed by atoms with Gasteiger partial charge in [-0.3, -0.25) is 0 Å². The Morgan fingerprint density at radius 2 is 1.42 bits per heavy atom. The largest absolute Gasteiger partial charge is 0.373 e. The van der Waals surface area contributed by atoms with Crippen molar-refractivity contribution in [1.82, 2.24) is 0 Å². The van der Waals surface area contributed by atoms with Crippen LogP contribution in [-0.4, -0.2) is 42.3 Å². The second-order valence-electron chi connectivity index (χ2n) is 4.09. The molecule has 1 nitrogen and oxygen atoms in total. The molecule has 11 heteroatoms. The summed E-state index contributed by atoms with van der Waals surface area (Å²) in [6, 6.07) is 0. The number of halogens is 10. The minimum absolute atomic E-state index is 0.332. The van der Waals surface area contributed by atoms with Gasteiger partial charge in [-0.05, 0) is 0 Å². The van der Waals surface area contributed by atoms with E-state index < -0.39 is 42.3 Å². The average molecular weight is 308 g/mol. The van der Waals surface area contributed by atoms with Crippen LogP contribution in [-0.2, 0) is 4.74 Å². The van der Waals surface area contributed by atoms with Gasteiger partial charge in [-0.15, -0.1) is 0 Å².